The molecule has 0 aliphatic heterocycles. The molecule has 0 saturated heterocycles. The normalized spacial score (nSPS) is 20.4. The smallest absolute Gasteiger partial charge is 0.337 e. The Morgan fingerprint density at radius 1 is 1.21 bits per heavy atom. The van der Waals surface area contributed by atoms with Crippen LogP contribution < -0.4 is 0 Å². The first kappa shape index (κ1) is 12.4. The van der Waals surface area contributed by atoms with Crippen LogP contribution in [-0.4, -0.2) is 18.9 Å². The lowest BCUT2D eigenvalue weighted by molar-refractivity contribution is -0.124. The monoisotopic (exact) mass is 258 g/mol. The van der Waals surface area contributed by atoms with E-state index in [0.717, 1.165) is 36.8 Å². The number of methoxy groups -OCH3 is 1. The minimum absolute atomic E-state index is 0.248. The Kier molecular flexibility index (Phi) is 2.92. The molecule has 3 nitrogen and oxygen atoms in total. The van der Waals surface area contributed by atoms with Gasteiger partial charge in [-0.2, -0.15) is 0 Å². The zero-order chi connectivity index (χ0) is 13.5. The number of ketones is 1. The number of fused-ring (bicyclic) bond motifs is 2. The summed E-state index contributed by atoms with van der Waals surface area (Å²) in [5.41, 5.74) is 2.48. The lowest BCUT2D eigenvalue weighted by Gasteiger charge is -2.32. The molecule has 0 unspecified atom stereocenters. The van der Waals surface area contributed by atoms with Crippen molar-refractivity contribution in [3.8, 4) is 0 Å². The zero-order valence-electron chi connectivity index (χ0n) is 11.2. The molecule has 19 heavy (non-hydrogen) atoms. The Bertz CT molecular complexity index is 539. The molecule has 1 saturated carbocycles. The van der Waals surface area contributed by atoms with Crippen molar-refractivity contribution < 1.29 is 14.3 Å². The maximum atomic E-state index is 12.4. The fourth-order valence-corrected chi connectivity index (χ4v) is 3.65. The topological polar surface area (TPSA) is 43.4 Å². The maximum absolute atomic E-state index is 12.4. The van der Waals surface area contributed by atoms with Gasteiger partial charge in [0.15, 0.2) is 0 Å². The average molecular weight is 258 g/mol. The molecule has 0 radical (unpaired) electrons. The van der Waals surface area contributed by atoms with Gasteiger partial charge in [-0.25, -0.2) is 4.79 Å². The van der Waals surface area contributed by atoms with Gasteiger partial charge in [-0.3, -0.25) is 4.79 Å². The van der Waals surface area contributed by atoms with E-state index in [1.54, 1.807) is 6.07 Å². The first-order valence-electron chi connectivity index (χ1n) is 6.92. The third kappa shape index (κ3) is 1.79. The Labute approximate surface area is 113 Å². The summed E-state index contributed by atoms with van der Waals surface area (Å²) in [5.74, 6) is 0.00376. The number of esters is 1. The molecular formula is C16H18O3. The fraction of sp³-hybridized carbons (Fsp3) is 0.500. The Morgan fingerprint density at radius 3 is 2.63 bits per heavy atom. The largest absolute Gasteiger partial charge is 0.465 e. The van der Waals surface area contributed by atoms with Crippen LogP contribution in [0.3, 0.4) is 0 Å². The van der Waals surface area contributed by atoms with E-state index in [9.17, 15) is 9.59 Å². The van der Waals surface area contributed by atoms with E-state index in [1.807, 2.05) is 12.1 Å². The van der Waals surface area contributed by atoms with Crippen LogP contribution >= 0.6 is 0 Å². The van der Waals surface area contributed by atoms with E-state index >= 15 is 0 Å². The molecule has 0 aromatic heterocycles. The zero-order valence-corrected chi connectivity index (χ0v) is 11.2. The highest BCUT2D eigenvalue weighted by atomic mass is 16.5. The third-order valence-corrected chi connectivity index (χ3v) is 4.63. The second-order valence-electron chi connectivity index (χ2n) is 5.61. The van der Waals surface area contributed by atoms with Crippen LogP contribution in [0.5, 0.6) is 0 Å². The van der Waals surface area contributed by atoms with E-state index in [-0.39, 0.29) is 11.4 Å². The summed E-state index contributed by atoms with van der Waals surface area (Å²) < 4.78 is 4.74. The van der Waals surface area contributed by atoms with Crippen molar-refractivity contribution >= 4 is 11.8 Å². The summed E-state index contributed by atoms with van der Waals surface area (Å²) in [7, 11) is 1.38. The second-order valence-corrected chi connectivity index (χ2v) is 5.61. The number of hydrogen-bond donors (Lipinski definition) is 0. The highest BCUT2D eigenvalue weighted by Gasteiger charge is 2.46. The summed E-state index contributed by atoms with van der Waals surface area (Å²) in [6, 6.07) is 5.60. The number of ether oxygens (including phenoxy) is 1. The number of carbonyl (C=O) groups is 2. The van der Waals surface area contributed by atoms with Crippen LogP contribution in [0.15, 0.2) is 18.2 Å². The molecule has 0 atom stereocenters. The molecule has 0 N–H and O–H groups in total. The van der Waals surface area contributed by atoms with E-state index in [2.05, 4.69) is 0 Å². The quantitative estimate of drug-likeness (QED) is 0.727. The van der Waals surface area contributed by atoms with Crippen molar-refractivity contribution in [2.45, 2.75) is 43.9 Å². The van der Waals surface area contributed by atoms with Gasteiger partial charge in [0.25, 0.3) is 0 Å². The van der Waals surface area contributed by atoms with Gasteiger partial charge in [0.1, 0.15) is 5.78 Å². The Morgan fingerprint density at radius 2 is 1.95 bits per heavy atom. The van der Waals surface area contributed by atoms with Crippen molar-refractivity contribution in [3.05, 3.63) is 34.9 Å². The molecule has 100 valence electrons. The van der Waals surface area contributed by atoms with Crippen LogP contribution in [0.2, 0.25) is 0 Å². The molecule has 1 aromatic carbocycles. The highest BCUT2D eigenvalue weighted by molar-refractivity contribution is 5.98. The standard InChI is InChI=1S/C16H18O3/c1-19-15(18)11-5-6-13-12(9-11)10-14(17)16(13)7-3-2-4-8-16/h5-6,9H,2-4,7-8,10H2,1H3. The summed E-state index contributed by atoms with van der Waals surface area (Å²) in [5, 5.41) is 0. The lowest BCUT2D eigenvalue weighted by Crippen LogP contribution is -2.34. The minimum Gasteiger partial charge on any atom is -0.465 e. The maximum Gasteiger partial charge on any atom is 0.337 e. The summed E-state index contributed by atoms with van der Waals surface area (Å²) >= 11 is 0. The summed E-state index contributed by atoms with van der Waals surface area (Å²) in [6.45, 7) is 0. The SMILES string of the molecule is COC(=O)c1ccc2c(c1)CC(=O)C21CCCCC1. The Hall–Kier alpha value is -1.64. The number of carbonyl (C=O) groups excluding carboxylic acids is 2. The van der Waals surface area contributed by atoms with Crippen molar-refractivity contribution in [1.82, 2.24) is 0 Å². The van der Waals surface area contributed by atoms with Crippen LogP contribution in [0.25, 0.3) is 0 Å². The summed E-state index contributed by atoms with van der Waals surface area (Å²) in [4.78, 5) is 24.0. The van der Waals surface area contributed by atoms with Crippen LogP contribution in [-0.2, 0) is 21.4 Å². The number of rotatable bonds is 1. The van der Waals surface area contributed by atoms with Crippen molar-refractivity contribution in [2.75, 3.05) is 7.11 Å². The first-order chi connectivity index (χ1) is 9.17. The van der Waals surface area contributed by atoms with Gasteiger partial charge >= 0.3 is 5.97 Å². The second kappa shape index (κ2) is 4.48. The predicted molar refractivity (Wildman–Crippen MR) is 71.3 cm³/mol. The summed E-state index contributed by atoms with van der Waals surface area (Å²) in [6.07, 6.45) is 5.89. The van der Waals surface area contributed by atoms with Gasteiger partial charge in [-0.15, -0.1) is 0 Å². The molecule has 0 heterocycles. The van der Waals surface area contributed by atoms with Gasteiger partial charge < -0.3 is 4.74 Å². The van der Waals surface area contributed by atoms with Crippen LogP contribution in [0, 0.1) is 0 Å². The van der Waals surface area contributed by atoms with Gasteiger partial charge in [-0.1, -0.05) is 25.3 Å². The Balaban J connectivity index is 2.03. The number of benzene rings is 1. The van der Waals surface area contributed by atoms with E-state index < -0.39 is 0 Å². The molecule has 1 aromatic rings. The van der Waals surface area contributed by atoms with Gasteiger partial charge in [0.2, 0.25) is 0 Å². The highest BCUT2D eigenvalue weighted by Crippen LogP contribution is 2.46. The number of Topliss-reactive ketones (excluding diaryl/α,β-unsaturated/α-hetero) is 1. The lowest BCUT2D eigenvalue weighted by atomic mass is 9.69. The number of hydrogen-bond acceptors (Lipinski definition) is 3. The van der Waals surface area contributed by atoms with Crippen molar-refractivity contribution in [2.24, 2.45) is 0 Å². The van der Waals surface area contributed by atoms with Gasteiger partial charge in [0.05, 0.1) is 18.1 Å². The first-order valence-corrected chi connectivity index (χ1v) is 6.92. The van der Waals surface area contributed by atoms with Crippen molar-refractivity contribution in [1.29, 1.82) is 0 Å². The molecule has 2 aliphatic carbocycles. The third-order valence-electron chi connectivity index (χ3n) is 4.63. The molecule has 1 spiro atoms. The van der Waals surface area contributed by atoms with Gasteiger partial charge in [-0.05, 0) is 36.1 Å². The molecule has 0 bridgehead atoms. The average Bonchev–Trinajstić information content (AvgIpc) is 2.71. The van der Waals surface area contributed by atoms with E-state index in [4.69, 9.17) is 4.74 Å². The van der Waals surface area contributed by atoms with E-state index in [1.165, 1.54) is 13.5 Å². The fourth-order valence-electron chi connectivity index (χ4n) is 3.65. The van der Waals surface area contributed by atoms with E-state index in [0.29, 0.717) is 17.8 Å². The van der Waals surface area contributed by atoms with Crippen LogP contribution in [0.1, 0.15) is 53.6 Å². The molecule has 0 amide bonds. The predicted octanol–water partition coefficient (Wildman–Crippen LogP) is 2.80. The van der Waals surface area contributed by atoms with Crippen molar-refractivity contribution in [3.63, 3.8) is 0 Å². The van der Waals surface area contributed by atoms with Crippen LogP contribution in [0.4, 0.5) is 0 Å². The molecule has 2 aliphatic rings. The molecule has 1 fully saturated rings. The minimum atomic E-state index is -0.333. The molecule has 3 rings (SSSR count). The van der Waals surface area contributed by atoms with Gasteiger partial charge in [0, 0.05) is 6.42 Å². The molecular weight excluding hydrogens is 240 g/mol. The molecule has 3 heteroatoms.